The molecule has 0 spiro atoms. The molecule has 2 nitrogen and oxygen atoms in total. The molecule has 0 bridgehead atoms. The van der Waals surface area contributed by atoms with Crippen LogP contribution in [0.4, 0.5) is 13.2 Å². The van der Waals surface area contributed by atoms with Gasteiger partial charge in [0.05, 0.1) is 5.56 Å². The van der Waals surface area contributed by atoms with E-state index in [1.165, 1.54) is 6.07 Å². The SMILES string of the molecule is CCCC(CCC)CNC(=O)c1cc(Br)cc(C(F)(F)F)c1. The minimum Gasteiger partial charge on any atom is -0.352 e. The fourth-order valence-electron chi connectivity index (χ4n) is 2.39. The predicted molar refractivity (Wildman–Crippen MR) is 84.8 cm³/mol. The second-order valence-corrected chi connectivity index (χ2v) is 6.30. The second kappa shape index (κ2) is 8.56. The highest BCUT2D eigenvalue weighted by Gasteiger charge is 2.31. The zero-order valence-corrected chi connectivity index (χ0v) is 14.4. The van der Waals surface area contributed by atoms with E-state index in [1.807, 2.05) is 0 Å². The van der Waals surface area contributed by atoms with E-state index in [1.54, 1.807) is 0 Å². The molecule has 6 heteroatoms. The Bertz CT molecular complexity index is 497. The van der Waals surface area contributed by atoms with Gasteiger partial charge in [-0.2, -0.15) is 13.2 Å². The van der Waals surface area contributed by atoms with E-state index in [-0.39, 0.29) is 10.0 Å². The van der Waals surface area contributed by atoms with Gasteiger partial charge in [-0.25, -0.2) is 0 Å². The normalized spacial score (nSPS) is 11.8. The van der Waals surface area contributed by atoms with Gasteiger partial charge in [0.2, 0.25) is 0 Å². The lowest BCUT2D eigenvalue weighted by Gasteiger charge is -2.16. The molecule has 0 atom stereocenters. The number of amides is 1. The summed E-state index contributed by atoms with van der Waals surface area (Å²) in [6.07, 6.45) is -0.419. The highest BCUT2D eigenvalue weighted by atomic mass is 79.9. The maximum Gasteiger partial charge on any atom is 0.416 e. The summed E-state index contributed by atoms with van der Waals surface area (Å²) in [5, 5.41) is 2.75. The smallest absolute Gasteiger partial charge is 0.352 e. The van der Waals surface area contributed by atoms with E-state index in [2.05, 4.69) is 35.1 Å². The van der Waals surface area contributed by atoms with Crippen molar-refractivity contribution < 1.29 is 18.0 Å². The van der Waals surface area contributed by atoms with Crippen LogP contribution in [0.25, 0.3) is 0 Å². The van der Waals surface area contributed by atoms with Gasteiger partial charge in [-0.3, -0.25) is 4.79 Å². The number of hydrogen-bond acceptors (Lipinski definition) is 1. The summed E-state index contributed by atoms with van der Waals surface area (Å²) in [5.74, 6) is -0.0998. The third-order valence-electron chi connectivity index (χ3n) is 3.43. The first-order valence-corrected chi connectivity index (χ1v) is 8.23. The van der Waals surface area contributed by atoms with E-state index in [4.69, 9.17) is 0 Å². The maximum atomic E-state index is 12.8. The molecule has 0 radical (unpaired) electrons. The Morgan fingerprint density at radius 2 is 1.77 bits per heavy atom. The van der Waals surface area contributed by atoms with Crippen molar-refractivity contribution in [2.24, 2.45) is 5.92 Å². The summed E-state index contributed by atoms with van der Waals surface area (Å²) in [6, 6.07) is 3.25. The summed E-state index contributed by atoms with van der Waals surface area (Å²) in [5.41, 5.74) is -0.806. The molecule has 1 rings (SSSR count). The topological polar surface area (TPSA) is 29.1 Å². The van der Waals surface area contributed by atoms with Gasteiger partial charge in [0.15, 0.2) is 0 Å². The lowest BCUT2D eigenvalue weighted by Crippen LogP contribution is -2.29. The molecule has 0 saturated heterocycles. The molecule has 0 aliphatic rings. The molecule has 0 fully saturated rings. The molecule has 0 aliphatic carbocycles. The molecule has 22 heavy (non-hydrogen) atoms. The Morgan fingerprint density at radius 3 is 2.27 bits per heavy atom. The number of rotatable bonds is 7. The van der Waals surface area contributed by atoms with Crippen LogP contribution in [0.15, 0.2) is 22.7 Å². The lowest BCUT2D eigenvalue weighted by atomic mass is 9.98. The Balaban J connectivity index is 2.79. The van der Waals surface area contributed by atoms with Crippen molar-refractivity contribution in [2.45, 2.75) is 45.7 Å². The first kappa shape index (κ1) is 19.0. The standard InChI is InChI=1S/C16H21BrF3NO/c1-3-5-11(6-4-2)10-21-15(22)12-7-13(16(18,19)20)9-14(17)8-12/h7-9,11H,3-6,10H2,1-2H3,(H,21,22). The first-order chi connectivity index (χ1) is 10.3. The molecule has 124 valence electrons. The van der Waals surface area contributed by atoms with Crippen LogP contribution >= 0.6 is 15.9 Å². The molecular weight excluding hydrogens is 359 g/mol. The van der Waals surface area contributed by atoms with Crippen LogP contribution in [0.2, 0.25) is 0 Å². The third-order valence-corrected chi connectivity index (χ3v) is 3.89. The van der Waals surface area contributed by atoms with Gasteiger partial charge in [0, 0.05) is 16.6 Å². The fraction of sp³-hybridized carbons (Fsp3) is 0.562. The number of halogens is 4. The second-order valence-electron chi connectivity index (χ2n) is 5.38. The Hall–Kier alpha value is -1.04. The van der Waals surface area contributed by atoms with Gasteiger partial charge in [0.25, 0.3) is 5.91 Å². The van der Waals surface area contributed by atoms with Crippen LogP contribution in [0, 0.1) is 5.92 Å². The van der Waals surface area contributed by atoms with Crippen LogP contribution in [-0.2, 0) is 6.18 Å². The number of hydrogen-bond donors (Lipinski definition) is 1. The van der Waals surface area contributed by atoms with E-state index < -0.39 is 17.6 Å². The van der Waals surface area contributed by atoms with Crippen molar-refractivity contribution in [3.8, 4) is 0 Å². The first-order valence-electron chi connectivity index (χ1n) is 7.43. The molecular formula is C16H21BrF3NO. The maximum absolute atomic E-state index is 12.8. The van der Waals surface area contributed by atoms with Crippen molar-refractivity contribution in [1.82, 2.24) is 5.32 Å². The van der Waals surface area contributed by atoms with Crippen molar-refractivity contribution in [1.29, 1.82) is 0 Å². The molecule has 0 aromatic heterocycles. The molecule has 1 aromatic rings. The molecule has 0 aliphatic heterocycles. The summed E-state index contributed by atoms with van der Waals surface area (Å²) < 4.78 is 38.6. The monoisotopic (exact) mass is 379 g/mol. The van der Waals surface area contributed by atoms with Crippen molar-refractivity contribution in [2.75, 3.05) is 6.54 Å². The average Bonchev–Trinajstić information content (AvgIpc) is 2.43. The average molecular weight is 380 g/mol. The van der Waals surface area contributed by atoms with E-state index >= 15 is 0 Å². The molecule has 0 unspecified atom stereocenters. The van der Waals surface area contributed by atoms with Gasteiger partial charge in [0.1, 0.15) is 0 Å². The Labute approximate surface area is 137 Å². The number of carbonyl (C=O) groups excluding carboxylic acids is 1. The highest BCUT2D eigenvalue weighted by Crippen LogP contribution is 2.32. The van der Waals surface area contributed by atoms with Gasteiger partial charge in [-0.15, -0.1) is 0 Å². The zero-order chi connectivity index (χ0) is 16.8. The number of benzene rings is 1. The van der Waals surface area contributed by atoms with Gasteiger partial charge >= 0.3 is 6.18 Å². The van der Waals surface area contributed by atoms with Gasteiger partial charge < -0.3 is 5.32 Å². The largest absolute Gasteiger partial charge is 0.416 e. The summed E-state index contributed by atoms with van der Waals surface area (Å²) >= 11 is 3.02. The van der Waals surface area contributed by atoms with Gasteiger partial charge in [-0.05, 0) is 37.0 Å². The minimum absolute atomic E-state index is 0.0217. The summed E-state index contributed by atoms with van der Waals surface area (Å²) in [4.78, 5) is 12.1. The van der Waals surface area contributed by atoms with Gasteiger partial charge in [-0.1, -0.05) is 42.6 Å². The van der Waals surface area contributed by atoms with E-state index in [0.29, 0.717) is 12.5 Å². The number of carbonyl (C=O) groups is 1. The number of alkyl halides is 3. The number of nitrogens with one attached hydrogen (secondary N) is 1. The fourth-order valence-corrected chi connectivity index (χ4v) is 2.88. The Kier molecular flexibility index (Phi) is 7.39. The van der Waals surface area contributed by atoms with Crippen molar-refractivity contribution >= 4 is 21.8 Å². The zero-order valence-electron chi connectivity index (χ0n) is 12.8. The van der Waals surface area contributed by atoms with E-state index in [0.717, 1.165) is 37.8 Å². The van der Waals surface area contributed by atoms with Crippen molar-refractivity contribution in [3.63, 3.8) is 0 Å². The van der Waals surface area contributed by atoms with E-state index in [9.17, 15) is 18.0 Å². The van der Waals surface area contributed by atoms with Crippen LogP contribution in [0.1, 0.15) is 55.5 Å². The van der Waals surface area contributed by atoms with Crippen LogP contribution in [0.3, 0.4) is 0 Å². The molecule has 0 saturated carbocycles. The molecule has 1 aromatic carbocycles. The molecule has 1 amide bonds. The van der Waals surface area contributed by atoms with Crippen molar-refractivity contribution in [3.05, 3.63) is 33.8 Å². The molecule has 0 heterocycles. The molecule has 1 N–H and O–H groups in total. The summed E-state index contributed by atoms with van der Waals surface area (Å²) in [6.45, 7) is 4.65. The van der Waals surface area contributed by atoms with Crippen LogP contribution < -0.4 is 5.32 Å². The third kappa shape index (κ3) is 5.99. The predicted octanol–water partition coefficient (Wildman–Crippen LogP) is 5.41. The van der Waals surface area contributed by atoms with Crippen LogP contribution in [-0.4, -0.2) is 12.5 Å². The quantitative estimate of drug-likeness (QED) is 0.673. The minimum atomic E-state index is -4.47. The highest BCUT2D eigenvalue weighted by molar-refractivity contribution is 9.10. The Morgan fingerprint density at radius 1 is 1.18 bits per heavy atom. The lowest BCUT2D eigenvalue weighted by molar-refractivity contribution is -0.137. The summed E-state index contributed by atoms with van der Waals surface area (Å²) in [7, 11) is 0. The van der Waals surface area contributed by atoms with Crippen LogP contribution in [0.5, 0.6) is 0 Å².